The summed E-state index contributed by atoms with van der Waals surface area (Å²) in [6, 6.07) is 12.4. The number of amides is 1. The summed E-state index contributed by atoms with van der Waals surface area (Å²) in [4.78, 5) is 14.9. The van der Waals surface area contributed by atoms with Gasteiger partial charge in [0, 0.05) is 19.1 Å². The Hall–Kier alpha value is -2.73. The van der Waals surface area contributed by atoms with Gasteiger partial charge in [0.15, 0.2) is 11.5 Å². The summed E-state index contributed by atoms with van der Waals surface area (Å²) < 4.78 is 16.1. The molecule has 2 aliphatic rings. The van der Waals surface area contributed by atoms with Crippen molar-refractivity contribution in [2.24, 2.45) is 5.92 Å². The van der Waals surface area contributed by atoms with E-state index in [-0.39, 0.29) is 11.9 Å². The summed E-state index contributed by atoms with van der Waals surface area (Å²) >= 11 is 0. The number of carbonyl (C=O) groups is 1. The Balaban J connectivity index is 1.40. The highest BCUT2D eigenvalue weighted by atomic mass is 16.5. The van der Waals surface area contributed by atoms with Gasteiger partial charge in [0.25, 0.3) is 0 Å². The van der Waals surface area contributed by atoms with Crippen LogP contribution in [-0.4, -0.2) is 45.2 Å². The molecule has 6 heteroatoms. The second-order valence-corrected chi connectivity index (χ2v) is 8.01. The molecule has 0 radical (unpaired) electrons. The number of nitrogens with one attached hydrogen (secondary N) is 1. The number of benzene rings is 2. The first-order valence-corrected chi connectivity index (χ1v) is 10.5. The van der Waals surface area contributed by atoms with Gasteiger partial charge in [-0.2, -0.15) is 0 Å². The summed E-state index contributed by atoms with van der Waals surface area (Å²) in [6.45, 7) is 1.67. The van der Waals surface area contributed by atoms with Crippen molar-refractivity contribution >= 4 is 5.91 Å². The molecule has 1 fully saturated rings. The van der Waals surface area contributed by atoms with E-state index in [9.17, 15) is 4.79 Å². The van der Waals surface area contributed by atoms with Gasteiger partial charge in [0.1, 0.15) is 5.75 Å². The molecule has 2 aromatic rings. The predicted octanol–water partition coefficient (Wildman–Crippen LogP) is 3.34. The largest absolute Gasteiger partial charge is 0.497 e. The minimum absolute atomic E-state index is 0.134. The first-order chi connectivity index (χ1) is 14.6. The van der Waals surface area contributed by atoms with E-state index >= 15 is 0 Å². The summed E-state index contributed by atoms with van der Waals surface area (Å²) in [7, 11) is 4.96. The number of hydrogen-bond acceptors (Lipinski definition) is 5. The van der Waals surface area contributed by atoms with Crippen LogP contribution in [0.3, 0.4) is 0 Å². The molecule has 0 bridgehead atoms. The second kappa shape index (κ2) is 8.96. The first-order valence-electron chi connectivity index (χ1n) is 10.5. The molecule has 1 heterocycles. The Labute approximate surface area is 178 Å². The zero-order chi connectivity index (χ0) is 21.1. The van der Waals surface area contributed by atoms with E-state index in [4.69, 9.17) is 14.2 Å². The molecule has 1 aliphatic carbocycles. The fraction of sp³-hybridized carbons (Fsp3) is 0.458. The van der Waals surface area contributed by atoms with Crippen molar-refractivity contribution in [3.05, 3.63) is 53.1 Å². The molecule has 1 atom stereocenters. The summed E-state index contributed by atoms with van der Waals surface area (Å²) in [6.07, 6.45) is 3.24. The summed E-state index contributed by atoms with van der Waals surface area (Å²) in [5.74, 6) is 3.03. The number of nitrogens with zero attached hydrogens (tertiary/aromatic N) is 1. The number of ether oxygens (including phenoxy) is 3. The molecule has 160 valence electrons. The van der Waals surface area contributed by atoms with E-state index in [1.807, 2.05) is 29.2 Å². The minimum Gasteiger partial charge on any atom is -0.497 e. The Bertz CT molecular complexity index is 893. The quantitative estimate of drug-likeness (QED) is 0.723. The minimum atomic E-state index is 0.134. The Morgan fingerprint density at radius 1 is 1.03 bits per heavy atom. The molecule has 30 heavy (non-hydrogen) atoms. The maximum absolute atomic E-state index is 13.0. The lowest BCUT2D eigenvalue weighted by molar-refractivity contribution is -0.131. The van der Waals surface area contributed by atoms with E-state index in [2.05, 4.69) is 17.4 Å². The van der Waals surface area contributed by atoms with Gasteiger partial charge in [0.2, 0.25) is 5.91 Å². The van der Waals surface area contributed by atoms with Gasteiger partial charge >= 0.3 is 0 Å². The number of methoxy groups -OCH3 is 3. The summed E-state index contributed by atoms with van der Waals surface area (Å²) in [5.41, 5.74) is 3.56. The molecule has 2 aromatic carbocycles. The van der Waals surface area contributed by atoms with Crippen LogP contribution in [0, 0.1) is 5.92 Å². The third-order valence-corrected chi connectivity index (χ3v) is 6.11. The third-order valence-electron chi connectivity index (χ3n) is 6.11. The van der Waals surface area contributed by atoms with Crippen LogP contribution in [0.2, 0.25) is 0 Å². The Kier molecular flexibility index (Phi) is 6.13. The number of hydrogen-bond donors (Lipinski definition) is 1. The van der Waals surface area contributed by atoms with Crippen LogP contribution < -0.4 is 19.5 Å². The Morgan fingerprint density at radius 2 is 1.70 bits per heavy atom. The highest BCUT2D eigenvalue weighted by Crippen LogP contribution is 2.41. The van der Waals surface area contributed by atoms with Gasteiger partial charge in [-0.3, -0.25) is 4.79 Å². The fourth-order valence-corrected chi connectivity index (χ4v) is 4.20. The van der Waals surface area contributed by atoms with E-state index < -0.39 is 0 Å². The van der Waals surface area contributed by atoms with E-state index in [1.54, 1.807) is 21.3 Å². The number of carbonyl (C=O) groups excluding carboxylic acids is 1. The fourth-order valence-electron chi connectivity index (χ4n) is 4.20. The van der Waals surface area contributed by atoms with Crippen LogP contribution in [0.1, 0.15) is 35.6 Å². The van der Waals surface area contributed by atoms with E-state index in [0.29, 0.717) is 24.8 Å². The molecule has 1 N–H and O–H groups in total. The zero-order valence-corrected chi connectivity index (χ0v) is 17.9. The average molecular weight is 411 g/mol. The second-order valence-electron chi connectivity index (χ2n) is 8.01. The predicted molar refractivity (Wildman–Crippen MR) is 115 cm³/mol. The van der Waals surface area contributed by atoms with Crippen LogP contribution in [0.4, 0.5) is 0 Å². The lowest BCUT2D eigenvalue weighted by Gasteiger charge is -2.30. The topological polar surface area (TPSA) is 60.0 Å². The van der Waals surface area contributed by atoms with Crippen LogP contribution in [0.5, 0.6) is 17.2 Å². The van der Waals surface area contributed by atoms with Gasteiger partial charge in [-0.25, -0.2) is 0 Å². The Morgan fingerprint density at radius 3 is 2.30 bits per heavy atom. The molecule has 4 rings (SSSR count). The van der Waals surface area contributed by atoms with Crippen molar-refractivity contribution in [1.29, 1.82) is 0 Å². The molecular weight excluding hydrogens is 380 g/mol. The highest BCUT2D eigenvalue weighted by Gasteiger charge is 2.33. The van der Waals surface area contributed by atoms with Crippen molar-refractivity contribution < 1.29 is 19.0 Å². The van der Waals surface area contributed by atoms with Crippen LogP contribution in [0.25, 0.3) is 0 Å². The number of rotatable bonds is 8. The first kappa shape index (κ1) is 20.5. The standard InChI is InChI=1S/C24H30N2O4/c1-28-20-8-6-17(7-9-20)24(16-4-5-16)25-14-23(27)26-11-10-18-12-21(29-2)22(30-3)13-19(18)15-26/h6-9,12-13,16,24-25H,4-5,10-11,14-15H2,1-3H3. The van der Waals surface area contributed by atoms with Gasteiger partial charge < -0.3 is 24.4 Å². The molecule has 6 nitrogen and oxygen atoms in total. The molecule has 1 unspecified atom stereocenters. The molecule has 1 aliphatic heterocycles. The molecule has 1 amide bonds. The third kappa shape index (κ3) is 4.38. The lowest BCUT2D eigenvalue weighted by atomic mass is 9.98. The van der Waals surface area contributed by atoms with Crippen LogP contribution in [-0.2, 0) is 17.8 Å². The molecule has 1 saturated carbocycles. The lowest BCUT2D eigenvalue weighted by Crippen LogP contribution is -2.42. The van der Waals surface area contributed by atoms with Crippen LogP contribution in [0.15, 0.2) is 36.4 Å². The van der Waals surface area contributed by atoms with Gasteiger partial charge in [-0.1, -0.05) is 12.1 Å². The monoisotopic (exact) mass is 410 g/mol. The molecule has 0 aromatic heterocycles. The van der Waals surface area contributed by atoms with Crippen molar-refractivity contribution in [1.82, 2.24) is 10.2 Å². The smallest absolute Gasteiger partial charge is 0.236 e. The van der Waals surface area contributed by atoms with E-state index in [1.165, 1.54) is 24.0 Å². The van der Waals surface area contributed by atoms with Crippen LogP contribution >= 0.6 is 0 Å². The summed E-state index contributed by atoms with van der Waals surface area (Å²) in [5, 5.41) is 3.52. The SMILES string of the molecule is COc1ccc(C(NCC(=O)N2CCc3cc(OC)c(OC)cc3C2)C2CC2)cc1. The van der Waals surface area contributed by atoms with Gasteiger partial charge in [-0.15, -0.1) is 0 Å². The van der Waals surface area contributed by atoms with Crippen molar-refractivity contribution in [3.8, 4) is 17.2 Å². The van der Waals surface area contributed by atoms with Crippen molar-refractivity contribution in [2.45, 2.75) is 31.8 Å². The molecular formula is C24H30N2O4. The number of fused-ring (bicyclic) bond motifs is 1. The highest BCUT2D eigenvalue weighted by molar-refractivity contribution is 5.78. The maximum atomic E-state index is 13.0. The van der Waals surface area contributed by atoms with E-state index in [0.717, 1.165) is 30.0 Å². The maximum Gasteiger partial charge on any atom is 0.236 e. The van der Waals surface area contributed by atoms with Gasteiger partial charge in [0.05, 0.1) is 27.9 Å². The van der Waals surface area contributed by atoms with Gasteiger partial charge in [-0.05, 0) is 66.1 Å². The van der Waals surface area contributed by atoms with Crippen molar-refractivity contribution in [3.63, 3.8) is 0 Å². The zero-order valence-electron chi connectivity index (χ0n) is 17.9. The molecule has 0 spiro atoms. The van der Waals surface area contributed by atoms with Crippen molar-refractivity contribution in [2.75, 3.05) is 34.4 Å². The normalized spacial score (nSPS) is 16.6. The molecule has 0 saturated heterocycles. The average Bonchev–Trinajstić information content (AvgIpc) is 3.63.